The van der Waals surface area contributed by atoms with E-state index in [1.54, 1.807) is 0 Å². The molecule has 2 aromatic rings. The molecule has 106 valence electrons. The lowest BCUT2D eigenvalue weighted by atomic mass is 10.2. The zero-order chi connectivity index (χ0) is 14.0. The molecule has 0 heterocycles. The number of ether oxygens (including phenoxy) is 2. The van der Waals surface area contributed by atoms with Crippen molar-refractivity contribution in [3.8, 4) is 5.75 Å². The molecular formula is C17H19BrO2. The molecule has 2 rings (SSSR count). The molecule has 0 aliphatic carbocycles. The van der Waals surface area contributed by atoms with Crippen LogP contribution in [0, 0.1) is 0 Å². The Morgan fingerprint density at radius 2 is 1.55 bits per heavy atom. The van der Waals surface area contributed by atoms with Gasteiger partial charge in [0.1, 0.15) is 12.4 Å². The molecule has 0 saturated carbocycles. The SMILES string of the molecule is BrCCc1ccc(OCCOCc2ccccc2)cc1. The minimum atomic E-state index is 0.574. The Kier molecular flexibility index (Phi) is 6.61. The van der Waals surface area contributed by atoms with E-state index in [1.165, 1.54) is 11.1 Å². The van der Waals surface area contributed by atoms with Gasteiger partial charge in [-0.15, -0.1) is 0 Å². The summed E-state index contributed by atoms with van der Waals surface area (Å²) in [6, 6.07) is 18.4. The molecule has 0 fully saturated rings. The van der Waals surface area contributed by atoms with Gasteiger partial charge in [0.25, 0.3) is 0 Å². The maximum Gasteiger partial charge on any atom is 0.119 e. The molecule has 0 spiro atoms. The Labute approximate surface area is 128 Å². The Bertz CT molecular complexity index is 482. The molecule has 0 aliphatic rings. The van der Waals surface area contributed by atoms with Crippen molar-refractivity contribution in [3.63, 3.8) is 0 Å². The van der Waals surface area contributed by atoms with Crippen LogP contribution in [0.15, 0.2) is 54.6 Å². The van der Waals surface area contributed by atoms with E-state index in [0.29, 0.717) is 19.8 Å². The van der Waals surface area contributed by atoms with Crippen LogP contribution in [0.25, 0.3) is 0 Å². The smallest absolute Gasteiger partial charge is 0.119 e. The van der Waals surface area contributed by atoms with E-state index in [4.69, 9.17) is 9.47 Å². The predicted molar refractivity (Wildman–Crippen MR) is 85.5 cm³/mol. The summed E-state index contributed by atoms with van der Waals surface area (Å²) in [4.78, 5) is 0. The Balaban J connectivity index is 1.63. The van der Waals surface area contributed by atoms with Crippen molar-refractivity contribution >= 4 is 15.9 Å². The standard InChI is InChI=1S/C17H19BrO2/c18-11-10-15-6-8-17(9-7-15)20-13-12-19-14-16-4-2-1-3-5-16/h1-9H,10-14H2. The highest BCUT2D eigenvalue weighted by atomic mass is 79.9. The fourth-order valence-electron chi connectivity index (χ4n) is 1.84. The summed E-state index contributed by atoms with van der Waals surface area (Å²) >= 11 is 3.44. The van der Waals surface area contributed by atoms with E-state index in [0.717, 1.165) is 17.5 Å². The van der Waals surface area contributed by atoms with Gasteiger partial charge in [-0.05, 0) is 29.7 Å². The maximum atomic E-state index is 5.64. The van der Waals surface area contributed by atoms with Crippen LogP contribution in [0.2, 0.25) is 0 Å². The first kappa shape index (κ1) is 15.1. The predicted octanol–water partition coefficient (Wildman–Crippen LogP) is 4.22. The molecule has 0 aromatic heterocycles. The average molecular weight is 335 g/mol. The fraction of sp³-hybridized carbons (Fsp3) is 0.294. The monoisotopic (exact) mass is 334 g/mol. The minimum absolute atomic E-state index is 0.574. The van der Waals surface area contributed by atoms with Crippen molar-refractivity contribution in [3.05, 3.63) is 65.7 Å². The minimum Gasteiger partial charge on any atom is -0.491 e. The zero-order valence-corrected chi connectivity index (χ0v) is 13.0. The lowest BCUT2D eigenvalue weighted by Crippen LogP contribution is -2.06. The number of benzene rings is 2. The van der Waals surface area contributed by atoms with E-state index < -0.39 is 0 Å². The quantitative estimate of drug-likeness (QED) is 0.531. The average Bonchev–Trinajstić information content (AvgIpc) is 2.50. The van der Waals surface area contributed by atoms with Gasteiger partial charge in [-0.2, -0.15) is 0 Å². The molecule has 0 bridgehead atoms. The first-order valence-electron chi connectivity index (χ1n) is 6.78. The van der Waals surface area contributed by atoms with Crippen LogP contribution in [0.5, 0.6) is 5.75 Å². The van der Waals surface area contributed by atoms with Gasteiger partial charge in [0.05, 0.1) is 13.2 Å². The molecule has 0 unspecified atom stereocenters. The molecule has 0 amide bonds. The van der Waals surface area contributed by atoms with Crippen LogP contribution >= 0.6 is 15.9 Å². The summed E-state index contributed by atoms with van der Waals surface area (Å²) in [6.45, 7) is 1.80. The molecule has 2 nitrogen and oxygen atoms in total. The second-order valence-corrected chi connectivity index (χ2v) is 5.26. The third kappa shape index (κ3) is 5.35. The maximum absolute atomic E-state index is 5.64. The van der Waals surface area contributed by atoms with Crippen molar-refractivity contribution in [2.75, 3.05) is 18.5 Å². The number of halogens is 1. The van der Waals surface area contributed by atoms with Gasteiger partial charge in [0.15, 0.2) is 0 Å². The lowest BCUT2D eigenvalue weighted by Gasteiger charge is -2.08. The highest BCUT2D eigenvalue weighted by Gasteiger charge is 1.96. The Morgan fingerprint density at radius 1 is 0.800 bits per heavy atom. The van der Waals surface area contributed by atoms with Gasteiger partial charge in [-0.1, -0.05) is 58.4 Å². The topological polar surface area (TPSA) is 18.5 Å². The van der Waals surface area contributed by atoms with Crippen molar-refractivity contribution in [2.45, 2.75) is 13.0 Å². The first-order valence-corrected chi connectivity index (χ1v) is 7.90. The molecule has 2 aromatic carbocycles. The van der Waals surface area contributed by atoms with Crippen LogP contribution in [0.4, 0.5) is 0 Å². The van der Waals surface area contributed by atoms with Gasteiger partial charge in [-0.3, -0.25) is 0 Å². The fourth-order valence-corrected chi connectivity index (χ4v) is 2.30. The first-order chi connectivity index (χ1) is 9.88. The third-order valence-electron chi connectivity index (χ3n) is 2.91. The lowest BCUT2D eigenvalue weighted by molar-refractivity contribution is 0.0889. The molecule has 3 heteroatoms. The van der Waals surface area contributed by atoms with E-state index in [9.17, 15) is 0 Å². The molecule has 0 N–H and O–H groups in total. The molecule has 20 heavy (non-hydrogen) atoms. The highest BCUT2D eigenvalue weighted by molar-refractivity contribution is 9.09. The van der Waals surface area contributed by atoms with Gasteiger partial charge in [0.2, 0.25) is 0 Å². The van der Waals surface area contributed by atoms with E-state index >= 15 is 0 Å². The van der Waals surface area contributed by atoms with Crippen LogP contribution < -0.4 is 4.74 Å². The van der Waals surface area contributed by atoms with Crippen LogP contribution in [0.3, 0.4) is 0 Å². The summed E-state index contributed by atoms with van der Waals surface area (Å²) in [6.07, 6.45) is 1.04. The summed E-state index contributed by atoms with van der Waals surface area (Å²) in [5.74, 6) is 0.895. The van der Waals surface area contributed by atoms with Gasteiger partial charge in [0, 0.05) is 5.33 Å². The molecular weight excluding hydrogens is 316 g/mol. The van der Waals surface area contributed by atoms with E-state index in [-0.39, 0.29) is 0 Å². The van der Waals surface area contributed by atoms with Crippen molar-refractivity contribution in [1.29, 1.82) is 0 Å². The number of hydrogen-bond donors (Lipinski definition) is 0. The van der Waals surface area contributed by atoms with E-state index in [2.05, 4.69) is 40.2 Å². The summed E-state index contributed by atoms with van der Waals surface area (Å²) in [7, 11) is 0. The van der Waals surface area contributed by atoms with Crippen LogP contribution in [0.1, 0.15) is 11.1 Å². The second kappa shape index (κ2) is 8.77. The van der Waals surface area contributed by atoms with Crippen LogP contribution in [-0.4, -0.2) is 18.5 Å². The largest absolute Gasteiger partial charge is 0.491 e. The normalized spacial score (nSPS) is 10.4. The Hall–Kier alpha value is -1.32. The van der Waals surface area contributed by atoms with Gasteiger partial charge >= 0.3 is 0 Å². The number of hydrogen-bond acceptors (Lipinski definition) is 2. The summed E-state index contributed by atoms with van der Waals surface area (Å²) < 4.78 is 11.2. The van der Waals surface area contributed by atoms with Gasteiger partial charge < -0.3 is 9.47 Å². The molecule has 0 atom stereocenters. The van der Waals surface area contributed by atoms with Crippen LogP contribution in [-0.2, 0) is 17.8 Å². The highest BCUT2D eigenvalue weighted by Crippen LogP contribution is 2.13. The van der Waals surface area contributed by atoms with Crippen molar-refractivity contribution in [1.82, 2.24) is 0 Å². The number of aryl methyl sites for hydroxylation is 1. The second-order valence-electron chi connectivity index (χ2n) is 4.47. The zero-order valence-electron chi connectivity index (χ0n) is 11.4. The van der Waals surface area contributed by atoms with Crippen molar-refractivity contribution in [2.24, 2.45) is 0 Å². The number of alkyl halides is 1. The molecule has 0 saturated heterocycles. The molecule has 0 aliphatic heterocycles. The Morgan fingerprint density at radius 3 is 2.25 bits per heavy atom. The van der Waals surface area contributed by atoms with Crippen molar-refractivity contribution < 1.29 is 9.47 Å². The summed E-state index contributed by atoms with van der Waals surface area (Å²) in [5, 5.41) is 0.987. The third-order valence-corrected chi connectivity index (χ3v) is 3.31. The summed E-state index contributed by atoms with van der Waals surface area (Å²) in [5.41, 5.74) is 2.50. The number of rotatable bonds is 8. The van der Waals surface area contributed by atoms with Gasteiger partial charge in [-0.25, -0.2) is 0 Å². The van der Waals surface area contributed by atoms with E-state index in [1.807, 2.05) is 30.3 Å². The molecule has 0 radical (unpaired) electrons.